The van der Waals surface area contributed by atoms with Crippen molar-refractivity contribution in [1.82, 2.24) is 0 Å². The first kappa shape index (κ1) is 24.3. The third-order valence-electron chi connectivity index (χ3n) is 8.65. The zero-order chi connectivity index (χ0) is 20.7. The molecule has 0 amide bonds. The molecule has 4 heteroatoms. The normalized spacial score (nSPS) is 24.3. The molecule has 2 saturated carbocycles. The van der Waals surface area contributed by atoms with E-state index in [2.05, 4.69) is 62.4 Å². The molecule has 0 aromatic heterocycles. The molecule has 2 unspecified atom stereocenters. The van der Waals surface area contributed by atoms with Crippen molar-refractivity contribution in [2.45, 2.75) is 77.2 Å². The van der Waals surface area contributed by atoms with Crippen LogP contribution in [0.4, 0.5) is 0 Å². The van der Waals surface area contributed by atoms with Gasteiger partial charge in [0, 0.05) is 0 Å². The topological polar surface area (TPSA) is 0 Å². The van der Waals surface area contributed by atoms with Crippen LogP contribution in [0.5, 0.6) is 0 Å². The third kappa shape index (κ3) is 3.96. The Morgan fingerprint density at radius 2 is 1.09 bits per heavy atom. The van der Waals surface area contributed by atoms with Gasteiger partial charge in [-0.25, -0.2) is 0 Å². The van der Waals surface area contributed by atoms with Gasteiger partial charge in [-0.2, -0.15) is 0 Å². The number of hydrogen-bond donors (Lipinski definition) is 0. The Labute approximate surface area is 219 Å². The summed E-state index contributed by atoms with van der Waals surface area (Å²) in [5.41, 5.74) is 13.6. The maximum absolute atomic E-state index is 2.65. The fraction of sp³-hybridized carbons (Fsp3) is 0.448. The van der Waals surface area contributed by atoms with E-state index in [0.29, 0.717) is 0 Å². The van der Waals surface area contributed by atoms with Crippen LogP contribution in [0.1, 0.15) is 98.5 Å². The van der Waals surface area contributed by atoms with Crippen molar-refractivity contribution < 1.29 is 44.9 Å². The van der Waals surface area contributed by atoms with Crippen LogP contribution < -0.4 is 24.8 Å². The standard InChI is InChI=1S/2C13H13.C3H6Si.2ClH.Hf/c2*1-9-7-11-3-2-4-12(10-5-6-10)13(11)8-9;1-2-4-3-1;;;/h2*2-4,7-8,10H,5-6H2,1H3;1-3H2;2*1H;/q;;;;;+2/p-2. The second kappa shape index (κ2) is 9.23. The van der Waals surface area contributed by atoms with E-state index < -0.39 is 20.1 Å². The molecule has 0 spiro atoms. The van der Waals surface area contributed by atoms with E-state index in [1.165, 1.54) is 32.1 Å². The van der Waals surface area contributed by atoms with Crippen molar-refractivity contribution in [2.75, 3.05) is 0 Å². The molecule has 5 aliphatic rings. The van der Waals surface area contributed by atoms with Gasteiger partial charge in [0.05, 0.1) is 0 Å². The first-order chi connectivity index (χ1) is 15.2. The van der Waals surface area contributed by atoms with Crippen LogP contribution in [0.15, 0.2) is 47.5 Å². The minimum Gasteiger partial charge on any atom is -1.00 e. The van der Waals surface area contributed by atoms with Crippen molar-refractivity contribution in [1.29, 1.82) is 0 Å². The SMILES string of the molecule is CC1=Cc2c(C3CC3)cccc2[CH]1[Hf+2]([CH]1C(C)=Cc2c(C3CC3)cccc21)=[Si]1CCC1.[Cl-].[Cl-]. The van der Waals surface area contributed by atoms with E-state index in [9.17, 15) is 0 Å². The van der Waals surface area contributed by atoms with E-state index >= 15 is 0 Å². The zero-order valence-corrected chi connectivity index (χ0v) is 25.7. The largest absolute Gasteiger partial charge is 1.00 e. The first-order valence-corrected chi connectivity index (χ1v) is 24.0. The summed E-state index contributed by atoms with van der Waals surface area (Å²) in [6, 6.07) is 18.0. The summed E-state index contributed by atoms with van der Waals surface area (Å²) < 4.78 is 1.72. The van der Waals surface area contributed by atoms with Gasteiger partial charge in [-0.1, -0.05) is 0 Å². The van der Waals surface area contributed by atoms with E-state index in [0.717, 1.165) is 19.2 Å². The summed E-state index contributed by atoms with van der Waals surface area (Å²) in [5, 5.41) is 0. The van der Waals surface area contributed by atoms with Crippen LogP contribution in [-0.4, -0.2) is 5.49 Å². The Morgan fingerprint density at radius 3 is 1.45 bits per heavy atom. The number of rotatable bonds is 4. The molecule has 1 aliphatic heterocycles. The van der Waals surface area contributed by atoms with Crippen LogP contribution in [0.3, 0.4) is 0 Å². The number of allylic oxidation sites excluding steroid dienone is 2. The Hall–Kier alpha value is -0.413. The minimum atomic E-state index is -2.02. The van der Waals surface area contributed by atoms with Crippen LogP contribution in [0.2, 0.25) is 12.1 Å². The van der Waals surface area contributed by atoms with Gasteiger partial charge in [-0.3, -0.25) is 0 Å². The average Bonchev–Trinajstić information content (AvgIpc) is 3.63. The summed E-state index contributed by atoms with van der Waals surface area (Å²) in [6.07, 6.45) is 12.5. The molecule has 2 aromatic carbocycles. The van der Waals surface area contributed by atoms with E-state index in [4.69, 9.17) is 0 Å². The molecule has 2 atom stereocenters. The fourth-order valence-electron chi connectivity index (χ4n) is 6.70. The maximum Gasteiger partial charge on any atom is -1.00 e. The summed E-state index contributed by atoms with van der Waals surface area (Å²) in [5.74, 6) is 1.72. The number of fused-ring (bicyclic) bond motifs is 2. The van der Waals surface area contributed by atoms with Crippen molar-refractivity contribution in [3.63, 3.8) is 0 Å². The number of benzene rings is 2. The molecule has 33 heavy (non-hydrogen) atoms. The molecule has 0 radical (unpaired) electrons. The van der Waals surface area contributed by atoms with Gasteiger partial charge in [-0.05, 0) is 0 Å². The molecule has 0 N–H and O–H groups in total. The molecule has 3 fully saturated rings. The molecular weight excluding hydrogens is 626 g/mol. The van der Waals surface area contributed by atoms with Gasteiger partial charge in [0.25, 0.3) is 0 Å². The van der Waals surface area contributed by atoms with Gasteiger partial charge in [0.15, 0.2) is 0 Å². The van der Waals surface area contributed by atoms with Gasteiger partial charge in [0.1, 0.15) is 0 Å². The van der Waals surface area contributed by atoms with Crippen molar-refractivity contribution in [3.05, 3.63) is 80.9 Å². The molecule has 1 saturated heterocycles. The zero-order valence-electron chi connectivity index (χ0n) is 19.6. The second-order valence-corrected chi connectivity index (χ2v) is 32.8. The van der Waals surface area contributed by atoms with Gasteiger partial charge in [0.2, 0.25) is 0 Å². The Balaban J connectivity index is 0.00000114. The first-order valence-electron chi connectivity index (χ1n) is 12.5. The summed E-state index contributed by atoms with van der Waals surface area (Å²) in [4.78, 5) is 0. The summed E-state index contributed by atoms with van der Waals surface area (Å²) in [6.45, 7) is 5.01. The van der Waals surface area contributed by atoms with Crippen molar-refractivity contribution in [2.24, 2.45) is 0 Å². The molecule has 2 aromatic rings. The summed E-state index contributed by atoms with van der Waals surface area (Å²) in [7, 11) is 0. The molecule has 7 rings (SSSR count). The number of halogens is 2. The monoisotopic (exact) mass is 658 g/mol. The molecule has 170 valence electrons. The third-order valence-corrected chi connectivity index (χ3v) is 40.3. The second-order valence-electron chi connectivity index (χ2n) is 10.8. The Bertz CT molecular complexity index is 1120. The van der Waals surface area contributed by atoms with E-state index in [1.807, 2.05) is 0 Å². The Morgan fingerprint density at radius 1 is 0.667 bits per heavy atom. The van der Waals surface area contributed by atoms with Gasteiger partial charge >= 0.3 is 196 Å². The number of hydrogen-bond acceptors (Lipinski definition) is 0. The predicted octanol–water partition coefficient (Wildman–Crippen LogP) is 2.08. The van der Waals surface area contributed by atoms with E-state index in [1.54, 1.807) is 56.6 Å². The van der Waals surface area contributed by atoms with Gasteiger partial charge in [-0.15, -0.1) is 0 Å². The smallest absolute Gasteiger partial charge is 1.00 e. The summed E-state index contributed by atoms with van der Waals surface area (Å²) >= 11 is -2.02. The molecular formula is C29H32Cl2HfSi. The van der Waals surface area contributed by atoms with Crippen molar-refractivity contribution >= 4 is 17.6 Å². The predicted molar refractivity (Wildman–Crippen MR) is 130 cm³/mol. The maximum atomic E-state index is 2.65. The molecule has 1 heterocycles. The minimum absolute atomic E-state index is 0. The molecule has 4 aliphatic carbocycles. The van der Waals surface area contributed by atoms with Crippen LogP contribution in [0.25, 0.3) is 12.2 Å². The van der Waals surface area contributed by atoms with Crippen LogP contribution in [0, 0.1) is 0 Å². The van der Waals surface area contributed by atoms with Crippen LogP contribution in [-0.2, 0) is 20.1 Å². The molecule has 0 bridgehead atoms. The fourth-order valence-corrected chi connectivity index (χ4v) is 43.4. The van der Waals surface area contributed by atoms with Gasteiger partial charge < -0.3 is 24.8 Å². The average molecular weight is 658 g/mol. The van der Waals surface area contributed by atoms with E-state index in [-0.39, 0.29) is 30.3 Å². The quantitative estimate of drug-likeness (QED) is 0.442. The van der Waals surface area contributed by atoms with Crippen molar-refractivity contribution in [3.8, 4) is 0 Å². The van der Waals surface area contributed by atoms with Crippen LogP contribution >= 0.6 is 0 Å². The molecule has 0 nitrogen and oxygen atoms in total. The Kier molecular flexibility index (Phi) is 6.79.